The summed E-state index contributed by atoms with van der Waals surface area (Å²) in [6.07, 6.45) is -3.74. The van der Waals surface area contributed by atoms with Crippen LogP contribution in [-0.4, -0.2) is 30.0 Å². The summed E-state index contributed by atoms with van der Waals surface area (Å²) < 4.78 is 33.9. The minimum atomic E-state index is -3.74. The molecule has 1 aliphatic rings. The van der Waals surface area contributed by atoms with Crippen molar-refractivity contribution in [1.29, 1.82) is 0 Å². The van der Waals surface area contributed by atoms with E-state index >= 15 is 0 Å². The van der Waals surface area contributed by atoms with Crippen molar-refractivity contribution in [3.8, 4) is 11.5 Å². The van der Waals surface area contributed by atoms with E-state index in [0.29, 0.717) is 0 Å². The number of aliphatic carboxylic acids is 1. The number of ether oxygens (including phenoxy) is 2. The van der Waals surface area contributed by atoms with Crippen molar-refractivity contribution < 1.29 is 37.8 Å². The van der Waals surface area contributed by atoms with Gasteiger partial charge >= 0.3 is 18.3 Å². The van der Waals surface area contributed by atoms with Crippen molar-refractivity contribution >= 4 is 17.7 Å². The first-order chi connectivity index (χ1) is 9.35. The number of hydrogen-bond donors (Lipinski definition) is 3. The summed E-state index contributed by atoms with van der Waals surface area (Å²) in [5, 5.41) is 10.5. The Hall–Kier alpha value is -2.62. The first-order valence-corrected chi connectivity index (χ1v) is 5.16. The molecular formula is C10H8F2N2O6. The van der Waals surface area contributed by atoms with Crippen LogP contribution in [0.15, 0.2) is 18.2 Å². The van der Waals surface area contributed by atoms with E-state index in [-0.39, 0.29) is 17.2 Å². The second-order valence-corrected chi connectivity index (χ2v) is 3.57. The smallest absolute Gasteiger partial charge is 0.479 e. The summed E-state index contributed by atoms with van der Waals surface area (Å²) in [6, 6.07) is 2.72. The van der Waals surface area contributed by atoms with Gasteiger partial charge in [-0.25, -0.2) is 15.1 Å². The SMILES string of the molecule is O=C(O)CONC(=O)Nc1ccc2c(c1)OC(F)(F)O2. The Labute approximate surface area is 110 Å². The molecule has 2 amide bonds. The molecule has 0 atom stereocenters. The van der Waals surface area contributed by atoms with Gasteiger partial charge in [-0.05, 0) is 12.1 Å². The Bertz CT molecular complexity index is 551. The number of alkyl halides is 2. The molecule has 108 valence electrons. The quantitative estimate of drug-likeness (QED) is 0.718. The number of rotatable bonds is 4. The zero-order valence-electron chi connectivity index (χ0n) is 9.68. The lowest BCUT2D eigenvalue weighted by molar-refractivity contribution is -0.286. The van der Waals surface area contributed by atoms with Crippen molar-refractivity contribution in [1.82, 2.24) is 5.48 Å². The Morgan fingerprint density at radius 3 is 2.70 bits per heavy atom. The van der Waals surface area contributed by atoms with Crippen LogP contribution in [0.5, 0.6) is 11.5 Å². The zero-order chi connectivity index (χ0) is 14.8. The first-order valence-electron chi connectivity index (χ1n) is 5.16. The molecule has 1 heterocycles. The summed E-state index contributed by atoms with van der Waals surface area (Å²) in [7, 11) is 0. The van der Waals surface area contributed by atoms with Gasteiger partial charge in [-0.1, -0.05) is 0 Å². The normalized spacial score (nSPS) is 14.7. The molecule has 0 bridgehead atoms. The van der Waals surface area contributed by atoms with Gasteiger partial charge in [0.1, 0.15) is 0 Å². The number of amides is 2. The monoisotopic (exact) mass is 290 g/mol. The Kier molecular flexibility index (Phi) is 3.57. The number of urea groups is 1. The fraction of sp³-hybridized carbons (Fsp3) is 0.200. The van der Waals surface area contributed by atoms with Crippen molar-refractivity contribution in [2.45, 2.75) is 6.29 Å². The van der Waals surface area contributed by atoms with E-state index in [1.165, 1.54) is 12.1 Å². The highest BCUT2D eigenvalue weighted by atomic mass is 19.3. The molecule has 1 aromatic carbocycles. The fourth-order valence-corrected chi connectivity index (χ4v) is 1.35. The van der Waals surface area contributed by atoms with Crippen LogP contribution in [0, 0.1) is 0 Å². The number of nitrogens with one attached hydrogen (secondary N) is 2. The molecule has 0 saturated carbocycles. The average molecular weight is 290 g/mol. The van der Waals surface area contributed by atoms with Gasteiger partial charge in [0.25, 0.3) is 0 Å². The molecule has 0 aliphatic carbocycles. The molecule has 0 aromatic heterocycles. The van der Waals surface area contributed by atoms with Gasteiger partial charge in [0.15, 0.2) is 18.1 Å². The Balaban J connectivity index is 1.92. The van der Waals surface area contributed by atoms with E-state index in [4.69, 9.17) is 5.11 Å². The molecule has 0 fully saturated rings. The largest absolute Gasteiger partial charge is 0.586 e. The lowest BCUT2D eigenvalue weighted by atomic mass is 10.3. The van der Waals surface area contributed by atoms with Crippen LogP contribution >= 0.6 is 0 Å². The van der Waals surface area contributed by atoms with Crippen LogP contribution < -0.4 is 20.3 Å². The average Bonchev–Trinajstić information content (AvgIpc) is 2.61. The Morgan fingerprint density at radius 1 is 1.30 bits per heavy atom. The number of anilines is 1. The van der Waals surface area contributed by atoms with Gasteiger partial charge in [0, 0.05) is 11.8 Å². The maximum absolute atomic E-state index is 12.8. The van der Waals surface area contributed by atoms with E-state index in [9.17, 15) is 18.4 Å². The number of carbonyl (C=O) groups excluding carboxylic acids is 1. The van der Waals surface area contributed by atoms with Gasteiger partial charge in [-0.15, -0.1) is 8.78 Å². The maximum atomic E-state index is 12.8. The molecular weight excluding hydrogens is 282 g/mol. The maximum Gasteiger partial charge on any atom is 0.586 e. The van der Waals surface area contributed by atoms with Crippen LogP contribution in [-0.2, 0) is 9.63 Å². The molecule has 20 heavy (non-hydrogen) atoms. The molecule has 10 heteroatoms. The van der Waals surface area contributed by atoms with Crippen LogP contribution in [0.2, 0.25) is 0 Å². The van der Waals surface area contributed by atoms with Crippen LogP contribution in [0.3, 0.4) is 0 Å². The molecule has 0 unspecified atom stereocenters. The number of hydroxylamine groups is 1. The van der Waals surface area contributed by atoms with E-state index < -0.39 is 24.9 Å². The molecule has 1 aliphatic heterocycles. The topological polar surface area (TPSA) is 106 Å². The van der Waals surface area contributed by atoms with Crippen LogP contribution in [0.1, 0.15) is 0 Å². The molecule has 3 N–H and O–H groups in total. The third-order valence-corrected chi connectivity index (χ3v) is 2.02. The van der Waals surface area contributed by atoms with Crippen LogP contribution in [0.4, 0.5) is 19.3 Å². The number of halogens is 2. The lowest BCUT2D eigenvalue weighted by Crippen LogP contribution is -2.30. The van der Waals surface area contributed by atoms with E-state index in [0.717, 1.165) is 6.07 Å². The minimum absolute atomic E-state index is 0.126. The number of carboxylic acid groups (broad SMARTS) is 1. The summed E-state index contributed by atoms with van der Waals surface area (Å²) >= 11 is 0. The third kappa shape index (κ3) is 3.45. The van der Waals surface area contributed by atoms with E-state index in [1.807, 2.05) is 0 Å². The van der Waals surface area contributed by atoms with E-state index in [1.54, 1.807) is 5.48 Å². The van der Waals surface area contributed by atoms with Crippen molar-refractivity contribution in [3.63, 3.8) is 0 Å². The van der Waals surface area contributed by atoms with Gasteiger partial charge in [0.05, 0.1) is 0 Å². The molecule has 1 aromatic rings. The molecule has 2 rings (SSSR count). The minimum Gasteiger partial charge on any atom is -0.479 e. The van der Waals surface area contributed by atoms with E-state index in [2.05, 4.69) is 19.6 Å². The van der Waals surface area contributed by atoms with Gasteiger partial charge in [0.2, 0.25) is 0 Å². The number of fused-ring (bicyclic) bond motifs is 1. The fourth-order valence-electron chi connectivity index (χ4n) is 1.35. The zero-order valence-corrected chi connectivity index (χ0v) is 9.68. The van der Waals surface area contributed by atoms with Gasteiger partial charge in [-0.2, -0.15) is 0 Å². The number of carboxylic acids is 1. The van der Waals surface area contributed by atoms with Gasteiger partial charge < -0.3 is 19.9 Å². The second kappa shape index (κ2) is 5.17. The predicted octanol–water partition coefficient (Wildman–Crippen LogP) is 1.15. The number of benzene rings is 1. The van der Waals surface area contributed by atoms with Gasteiger partial charge in [-0.3, -0.25) is 4.84 Å². The molecule has 0 spiro atoms. The number of carbonyl (C=O) groups is 2. The summed E-state index contributed by atoms with van der Waals surface area (Å²) in [5.74, 6) is -1.67. The third-order valence-electron chi connectivity index (χ3n) is 2.02. The van der Waals surface area contributed by atoms with Crippen LogP contribution in [0.25, 0.3) is 0 Å². The Morgan fingerprint density at radius 2 is 2.00 bits per heavy atom. The van der Waals surface area contributed by atoms with Crippen molar-refractivity contribution in [2.24, 2.45) is 0 Å². The molecule has 0 radical (unpaired) electrons. The summed E-state index contributed by atoms with van der Waals surface area (Å²) in [5.41, 5.74) is 1.92. The lowest BCUT2D eigenvalue weighted by Gasteiger charge is -2.07. The molecule has 0 saturated heterocycles. The predicted molar refractivity (Wildman–Crippen MR) is 58.4 cm³/mol. The summed E-state index contributed by atoms with van der Waals surface area (Å²) in [6.45, 7) is -0.721. The first kappa shape index (κ1) is 13.8. The van der Waals surface area contributed by atoms with Crippen molar-refractivity contribution in [2.75, 3.05) is 11.9 Å². The standard InChI is InChI=1S/C10H8F2N2O6/c11-10(12)19-6-2-1-5(3-7(6)20-10)13-9(17)14-18-4-8(15)16/h1-3H,4H2,(H,15,16)(H2,13,14,17). The number of hydrogen-bond acceptors (Lipinski definition) is 5. The van der Waals surface area contributed by atoms with Crippen molar-refractivity contribution in [3.05, 3.63) is 18.2 Å². The highest BCUT2D eigenvalue weighted by molar-refractivity contribution is 5.89. The highest BCUT2D eigenvalue weighted by Gasteiger charge is 2.43. The highest BCUT2D eigenvalue weighted by Crippen LogP contribution is 2.42. The summed E-state index contributed by atoms with van der Waals surface area (Å²) in [4.78, 5) is 25.7. The second-order valence-electron chi connectivity index (χ2n) is 3.57. The molecule has 8 nitrogen and oxygen atoms in total.